The van der Waals surface area contributed by atoms with Gasteiger partial charge in [0.15, 0.2) is 17.6 Å². The fraction of sp³-hybridized carbons (Fsp3) is 0.250. The summed E-state index contributed by atoms with van der Waals surface area (Å²) >= 11 is 1.11. The summed E-state index contributed by atoms with van der Waals surface area (Å²) in [5.74, 6) is -1.50. The molecule has 1 amide bonds. The molecule has 0 saturated heterocycles. The summed E-state index contributed by atoms with van der Waals surface area (Å²) in [5.41, 5.74) is 3.27. The second-order valence-electron chi connectivity index (χ2n) is 5.70. The number of aromatic nitrogens is 5. The van der Waals surface area contributed by atoms with E-state index in [1.165, 1.54) is 19.6 Å². The molecule has 1 atom stereocenters. The number of carboxylic acids is 1. The number of nitrogens with zero attached hydrogens (tertiary/aromatic N) is 4. The lowest BCUT2D eigenvalue weighted by Gasteiger charge is -2.11. The zero-order chi connectivity index (χ0) is 19.6. The van der Waals surface area contributed by atoms with Gasteiger partial charge in [-0.1, -0.05) is 0 Å². The third-order valence-electron chi connectivity index (χ3n) is 3.77. The highest BCUT2D eigenvalue weighted by Crippen LogP contribution is 2.24. The van der Waals surface area contributed by atoms with Crippen LogP contribution in [-0.4, -0.2) is 59.4 Å². The number of rotatable bonds is 7. The lowest BCUT2D eigenvalue weighted by molar-refractivity contribution is -0.140. The molecular formula is C16H16N6O4S. The number of aryl methyl sites for hydroxylation is 1. The van der Waals surface area contributed by atoms with E-state index >= 15 is 0 Å². The number of allylic oxidation sites excluding steroid dienone is 1. The van der Waals surface area contributed by atoms with Crippen LogP contribution in [0.3, 0.4) is 0 Å². The summed E-state index contributed by atoms with van der Waals surface area (Å²) in [6, 6.07) is -1.05. The van der Waals surface area contributed by atoms with Gasteiger partial charge in [0.1, 0.15) is 17.9 Å². The minimum absolute atomic E-state index is 0.0745. The van der Waals surface area contributed by atoms with E-state index in [2.05, 4.69) is 25.3 Å². The zero-order valence-electron chi connectivity index (χ0n) is 14.5. The first-order valence-electron chi connectivity index (χ1n) is 7.86. The Morgan fingerprint density at radius 3 is 2.89 bits per heavy atom. The average Bonchev–Trinajstić information content (AvgIpc) is 3.21. The second-order valence-corrected chi connectivity index (χ2v) is 6.60. The summed E-state index contributed by atoms with van der Waals surface area (Å²) in [7, 11) is 0. The van der Waals surface area contributed by atoms with Gasteiger partial charge in [0.25, 0.3) is 0 Å². The number of aromatic amines is 1. The molecule has 27 heavy (non-hydrogen) atoms. The van der Waals surface area contributed by atoms with Crippen LogP contribution in [0.25, 0.3) is 22.4 Å². The van der Waals surface area contributed by atoms with Gasteiger partial charge in [-0.3, -0.25) is 14.0 Å². The van der Waals surface area contributed by atoms with Crippen molar-refractivity contribution in [2.45, 2.75) is 19.9 Å². The number of hydrogen-bond donors (Lipinski definition) is 3. The van der Waals surface area contributed by atoms with Crippen LogP contribution in [0.2, 0.25) is 0 Å². The van der Waals surface area contributed by atoms with Gasteiger partial charge in [0.2, 0.25) is 5.91 Å². The van der Waals surface area contributed by atoms with Crippen molar-refractivity contribution in [2.24, 2.45) is 0 Å². The highest BCUT2D eigenvalue weighted by molar-refractivity contribution is 8.02. The summed E-state index contributed by atoms with van der Waals surface area (Å²) < 4.78 is 1.68. The molecule has 3 aromatic heterocycles. The van der Waals surface area contributed by atoms with Crippen LogP contribution >= 0.6 is 11.8 Å². The largest absolute Gasteiger partial charge is 0.480 e. The first-order chi connectivity index (χ1) is 12.9. The Bertz CT molecular complexity index is 1070. The topological polar surface area (TPSA) is 142 Å². The van der Waals surface area contributed by atoms with E-state index < -0.39 is 17.9 Å². The fourth-order valence-corrected chi connectivity index (χ4v) is 3.50. The van der Waals surface area contributed by atoms with Crippen molar-refractivity contribution < 1.29 is 19.5 Å². The molecule has 3 rings (SSSR count). The van der Waals surface area contributed by atoms with E-state index in [4.69, 9.17) is 5.11 Å². The summed E-state index contributed by atoms with van der Waals surface area (Å²) in [6.07, 6.45) is 3.73. The van der Waals surface area contributed by atoms with Gasteiger partial charge in [-0.2, -0.15) is 0 Å². The Morgan fingerprint density at radius 2 is 2.22 bits per heavy atom. The quantitative estimate of drug-likeness (QED) is 0.398. The van der Waals surface area contributed by atoms with Crippen molar-refractivity contribution in [2.75, 3.05) is 5.75 Å². The third-order valence-corrected chi connectivity index (χ3v) is 4.72. The number of aldehydes is 1. The van der Waals surface area contributed by atoms with Gasteiger partial charge in [0.05, 0.1) is 17.7 Å². The molecule has 0 aliphatic carbocycles. The lowest BCUT2D eigenvalue weighted by atomic mass is 10.2. The molecule has 0 saturated carbocycles. The Labute approximate surface area is 157 Å². The van der Waals surface area contributed by atoms with Gasteiger partial charge in [-0.05, 0) is 12.3 Å². The standard InChI is InChI=1S/C16H16N6O4S/c1-8-13(22-7-19-14-12(15(22)20-8)17-6-18-14)10(3-23)4-27-5-11(16(25)26)21-9(2)24/h3-4,6-7,11H,5H2,1-2H3,(H,17,18)(H,21,24)(H,25,26)/b10-4+/t11-/m0/s1. The maximum atomic E-state index is 11.7. The zero-order valence-corrected chi connectivity index (χ0v) is 15.3. The van der Waals surface area contributed by atoms with E-state index in [0.717, 1.165) is 11.8 Å². The van der Waals surface area contributed by atoms with Gasteiger partial charge in [0, 0.05) is 18.2 Å². The van der Waals surface area contributed by atoms with Crippen LogP contribution in [-0.2, 0) is 14.4 Å². The molecule has 3 N–H and O–H groups in total. The molecule has 3 aromatic rings. The molecule has 0 aliphatic rings. The number of fused-ring (bicyclic) bond motifs is 3. The van der Waals surface area contributed by atoms with Crippen molar-refractivity contribution in [3.8, 4) is 0 Å². The number of carbonyl (C=O) groups excluding carboxylic acids is 2. The van der Waals surface area contributed by atoms with Crippen molar-refractivity contribution >= 4 is 52.3 Å². The number of nitrogens with one attached hydrogen (secondary N) is 2. The monoisotopic (exact) mass is 388 g/mol. The maximum absolute atomic E-state index is 11.7. The van der Waals surface area contributed by atoms with Crippen molar-refractivity contribution in [1.82, 2.24) is 29.7 Å². The molecule has 0 spiro atoms. The van der Waals surface area contributed by atoms with E-state index in [1.54, 1.807) is 16.7 Å². The van der Waals surface area contributed by atoms with Gasteiger partial charge in [-0.25, -0.2) is 19.7 Å². The highest BCUT2D eigenvalue weighted by atomic mass is 32.2. The van der Waals surface area contributed by atoms with Gasteiger partial charge in [-0.15, -0.1) is 11.8 Å². The van der Waals surface area contributed by atoms with Crippen LogP contribution in [0, 0.1) is 6.92 Å². The highest BCUT2D eigenvalue weighted by Gasteiger charge is 2.19. The third kappa shape index (κ3) is 3.67. The smallest absolute Gasteiger partial charge is 0.327 e. The molecule has 10 nitrogen and oxygen atoms in total. The van der Waals surface area contributed by atoms with Crippen LogP contribution in [0.15, 0.2) is 18.1 Å². The number of carbonyl (C=O) groups is 3. The van der Waals surface area contributed by atoms with Crippen LogP contribution < -0.4 is 5.32 Å². The minimum Gasteiger partial charge on any atom is -0.480 e. The van der Waals surface area contributed by atoms with Gasteiger partial charge < -0.3 is 15.4 Å². The van der Waals surface area contributed by atoms with Crippen LogP contribution in [0.4, 0.5) is 0 Å². The Kier molecular flexibility index (Phi) is 5.21. The summed E-state index contributed by atoms with van der Waals surface area (Å²) in [6.45, 7) is 3.02. The van der Waals surface area contributed by atoms with Crippen molar-refractivity contribution in [1.29, 1.82) is 0 Å². The summed E-state index contributed by atoms with van der Waals surface area (Å²) in [5, 5.41) is 13.0. The van der Waals surface area contributed by atoms with E-state index in [9.17, 15) is 14.4 Å². The average molecular weight is 388 g/mol. The number of hydrogen-bond acceptors (Lipinski definition) is 7. The number of thioether (sulfide) groups is 1. The van der Waals surface area contributed by atoms with E-state index in [0.29, 0.717) is 40.1 Å². The number of H-pyrrole nitrogens is 1. The lowest BCUT2D eigenvalue weighted by Crippen LogP contribution is -2.41. The minimum atomic E-state index is -1.14. The normalized spacial score (nSPS) is 13.0. The number of amides is 1. The molecule has 0 bridgehead atoms. The molecule has 0 unspecified atom stereocenters. The predicted molar refractivity (Wildman–Crippen MR) is 99.1 cm³/mol. The predicted octanol–water partition coefficient (Wildman–Crippen LogP) is 0.776. The molecule has 0 radical (unpaired) electrons. The Balaban J connectivity index is 1.92. The SMILES string of the molecule is CC(=O)N[C@@H](CS/C=C(\C=O)c1c(C)nc2c3[nH]cnc3ncn12)C(=O)O. The number of carboxylic acid groups (broad SMARTS) is 1. The Hall–Kier alpha value is -3.21. The van der Waals surface area contributed by atoms with E-state index in [1.807, 2.05) is 0 Å². The molecular weight excluding hydrogens is 372 g/mol. The van der Waals surface area contributed by atoms with Gasteiger partial charge >= 0.3 is 5.97 Å². The van der Waals surface area contributed by atoms with Crippen LogP contribution in [0.5, 0.6) is 0 Å². The number of imidazole rings is 2. The molecule has 0 fully saturated rings. The Morgan fingerprint density at radius 1 is 1.44 bits per heavy atom. The maximum Gasteiger partial charge on any atom is 0.327 e. The second kappa shape index (κ2) is 7.58. The van der Waals surface area contributed by atoms with E-state index in [-0.39, 0.29) is 5.75 Å². The molecule has 11 heteroatoms. The van der Waals surface area contributed by atoms with Crippen LogP contribution in [0.1, 0.15) is 18.3 Å². The molecule has 0 aromatic carbocycles. The fourth-order valence-electron chi connectivity index (χ4n) is 2.64. The summed E-state index contributed by atoms with van der Waals surface area (Å²) in [4.78, 5) is 49.7. The van der Waals surface area contributed by atoms with Crippen molar-refractivity contribution in [3.05, 3.63) is 29.5 Å². The number of aliphatic carboxylic acids is 1. The molecule has 0 aliphatic heterocycles. The van der Waals surface area contributed by atoms with Crippen molar-refractivity contribution in [3.63, 3.8) is 0 Å². The molecule has 140 valence electrons. The first-order valence-corrected chi connectivity index (χ1v) is 8.91. The molecule has 3 heterocycles. The first kappa shape index (κ1) is 18.6.